The molecule has 0 radical (unpaired) electrons. The van der Waals surface area contributed by atoms with Gasteiger partial charge in [0.25, 0.3) is 0 Å². The van der Waals surface area contributed by atoms with Gasteiger partial charge >= 0.3 is 0 Å². The minimum absolute atomic E-state index is 0.187. The molecule has 0 spiro atoms. The molecule has 0 N–H and O–H groups in total. The van der Waals surface area contributed by atoms with E-state index < -0.39 is 11.6 Å². The first-order chi connectivity index (χ1) is 8.70. The summed E-state index contributed by atoms with van der Waals surface area (Å²) in [6, 6.07) is 4.04. The lowest BCUT2D eigenvalue weighted by Crippen LogP contribution is -2.46. The zero-order valence-corrected chi connectivity index (χ0v) is 11.8. The van der Waals surface area contributed by atoms with Gasteiger partial charge in [0.2, 0.25) is 0 Å². The maximum Gasteiger partial charge on any atom is 0.130 e. The number of halogens is 3. The fourth-order valence-corrected chi connectivity index (χ4v) is 2.70. The predicted octanol–water partition coefficient (Wildman–Crippen LogP) is 2.48. The lowest BCUT2D eigenvalue weighted by atomic mass is 10.1. The van der Waals surface area contributed by atoms with Crippen LogP contribution in [-0.4, -0.2) is 47.9 Å². The number of rotatable bonds is 4. The van der Waals surface area contributed by atoms with Crippen LogP contribution in [0.2, 0.25) is 0 Å². The van der Waals surface area contributed by atoms with Crippen LogP contribution in [0, 0.1) is 11.6 Å². The molecular formula is C13H17BrF2N2. The van der Waals surface area contributed by atoms with Crippen LogP contribution < -0.4 is 0 Å². The molecule has 0 atom stereocenters. The number of piperazine rings is 1. The fourth-order valence-electron chi connectivity index (χ4n) is 2.20. The molecule has 1 saturated heterocycles. The number of benzene rings is 1. The van der Waals surface area contributed by atoms with Crippen molar-refractivity contribution in [1.82, 2.24) is 9.80 Å². The third-order valence-electron chi connectivity index (χ3n) is 3.31. The van der Waals surface area contributed by atoms with E-state index in [1.54, 1.807) is 0 Å². The summed E-state index contributed by atoms with van der Waals surface area (Å²) in [6.45, 7) is 5.04. The molecule has 0 saturated carbocycles. The molecule has 100 valence electrons. The highest BCUT2D eigenvalue weighted by Gasteiger charge is 2.19. The Morgan fingerprint density at radius 1 is 1.00 bits per heavy atom. The van der Waals surface area contributed by atoms with Crippen molar-refractivity contribution in [3.63, 3.8) is 0 Å². The van der Waals surface area contributed by atoms with Crippen molar-refractivity contribution in [3.8, 4) is 0 Å². The standard InChI is InChI=1S/C13H17BrF2N2/c14-4-5-17-6-8-18(9-7-17)10-11-12(15)2-1-3-13(11)16/h1-3H,4-10H2. The number of hydrogen-bond donors (Lipinski definition) is 0. The van der Waals surface area contributed by atoms with Gasteiger partial charge in [-0.05, 0) is 12.1 Å². The summed E-state index contributed by atoms with van der Waals surface area (Å²) in [5.41, 5.74) is 0.187. The van der Waals surface area contributed by atoms with Gasteiger partial charge in [0, 0.05) is 50.2 Å². The SMILES string of the molecule is Fc1cccc(F)c1CN1CCN(CCBr)CC1. The summed E-state index contributed by atoms with van der Waals surface area (Å²) in [5.74, 6) is -0.893. The summed E-state index contributed by atoms with van der Waals surface area (Å²) in [6.07, 6.45) is 0. The van der Waals surface area contributed by atoms with Crippen molar-refractivity contribution >= 4 is 15.9 Å². The van der Waals surface area contributed by atoms with Gasteiger partial charge in [0.05, 0.1) is 0 Å². The van der Waals surface area contributed by atoms with Gasteiger partial charge in [-0.1, -0.05) is 22.0 Å². The van der Waals surface area contributed by atoms with Crippen LogP contribution in [0.15, 0.2) is 18.2 Å². The first-order valence-corrected chi connectivity index (χ1v) is 7.26. The minimum Gasteiger partial charge on any atom is -0.300 e. The van der Waals surface area contributed by atoms with Crippen LogP contribution in [0.1, 0.15) is 5.56 Å². The molecule has 5 heteroatoms. The predicted molar refractivity (Wildman–Crippen MR) is 71.9 cm³/mol. The molecule has 1 aliphatic heterocycles. The van der Waals surface area contributed by atoms with Crippen LogP contribution >= 0.6 is 15.9 Å². The Balaban J connectivity index is 1.92. The maximum atomic E-state index is 13.5. The van der Waals surface area contributed by atoms with Crippen LogP contribution in [0.4, 0.5) is 8.78 Å². The zero-order chi connectivity index (χ0) is 13.0. The van der Waals surface area contributed by atoms with Crippen molar-refractivity contribution in [2.75, 3.05) is 38.1 Å². The molecule has 0 amide bonds. The molecule has 1 aliphatic rings. The first kappa shape index (κ1) is 13.9. The van der Waals surface area contributed by atoms with Crippen LogP contribution in [-0.2, 0) is 6.54 Å². The van der Waals surface area contributed by atoms with Gasteiger partial charge in [0.1, 0.15) is 11.6 Å². The van der Waals surface area contributed by atoms with E-state index in [2.05, 4.69) is 25.7 Å². The molecule has 1 fully saturated rings. The summed E-state index contributed by atoms with van der Waals surface area (Å²) >= 11 is 3.42. The fraction of sp³-hybridized carbons (Fsp3) is 0.538. The molecule has 1 aromatic carbocycles. The Morgan fingerprint density at radius 3 is 2.11 bits per heavy atom. The third kappa shape index (κ3) is 3.49. The monoisotopic (exact) mass is 318 g/mol. The van der Waals surface area contributed by atoms with Gasteiger partial charge in [-0.3, -0.25) is 9.80 Å². The van der Waals surface area contributed by atoms with E-state index in [1.807, 2.05) is 0 Å². The molecule has 2 rings (SSSR count). The van der Waals surface area contributed by atoms with Crippen molar-refractivity contribution in [1.29, 1.82) is 0 Å². The Labute approximate surface area is 115 Å². The summed E-state index contributed by atoms with van der Waals surface area (Å²) in [7, 11) is 0. The Bertz CT molecular complexity index is 372. The summed E-state index contributed by atoms with van der Waals surface area (Å²) in [5, 5.41) is 0.967. The summed E-state index contributed by atoms with van der Waals surface area (Å²) < 4.78 is 27.0. The number of alkyl halides is 1. The molecule has 0 aromatic heterocycles. The maximum absolute atomic E-state index is 13.5. The average molecular weight is 319 g/mol. The molecule has 2 nitrogen and oxygen atoms in total. The Morgan fingerprint density at radius 2 is 1.56 bits per heavy atom. The lowest BCUT2D eigenvalue weighted by molar-refractivity contribution is 0.131. The molecule has 1 aromatic rings. The molecule has 1 heterocycles. The van der Waals surface area contributed by atoms with E-state index in [0.717, 1.165) is 38.1 Å². The van der Waals surface area contributed by atoms with E-state index >= 15 is 0 Å². The number of nitrogens with zero attached hydrogens (tertiary/aromatic N) is 2. The first-order valence-electron chi connectivity index (χ1n) is 6.14. The van der Waals surface area contributed by atoms with E-state index in [4.69, 9.17) is 0 Å². The molecular weight excluding hydrogens is 302 g/mol. The normalized spacial score (nSPS) is 18.2. The van der Waals surface area contributed by atoms with Crippen molar-refractivity contribution in [2.24, 2.45) is 0 Å². The highest BCUT2D eigenvalue weighted by Crippen LogP contribution is 2.15. The minimum atomic E-state index is -0.446. The van der Waals surface area contributed by atoms with Crippen LogP contribution in [0.25, 0.3) is 0 Å². The van der Waals surface area contributed by atoms with E-state index in [-0.39, 0.29) is 5.56 Å². The lowest BCUT2D eigenvalue weighted by Gasteiger charge is -2.34. The van der Waals surface area contributed by atoms with Crippen molar-refractivity contribution in [2.45, 2.75) is 6.54 Å². The highest BCUT2D eigenvalue weighted by atomic mass is 79.9. The van der Waals surface area contributed by atoms with Gasteiger partial charge in [0.15, 0.2) is 0 Å². The van der Waals surface area contributed by atoms with E-state index in [9.17, 15) is 8.78 Å². The molecule has 0 unspecified atom stereocenters. The second kappa shape index (κ2) is 6.59. The molecule has 0 bridgehead atoms. The van der Waals surface area contributed by atoms with Crippen LogP contribution in [0.5, 0.6) is 0 Å². The quantitative estimate of drug-likeness (QED) is 0.787. The Kier molecular flexibility index (Phi) is 5.09. The van der Waals surface area contributed by atoms with Gasteiger partial charge in [-0.2, -0.15) is 0 Å². The summed E-state index contributed by atoms with van der Waals surface area (Å²) in [4.78, 5) is 4.45. The van der Waals surface area contributed by atoms with Gasteiger partial charge in [-0.25, -0.2) is 8.78 Å². The van der Waals surface area contributed by atoms with Crippen molar-refractivity contribution in [3.05, 3.63) is 35.4 Å². The third-order valence-corrected chi connectivity index (χ3v) is 3.66. The van der Waals surface area contributed by atoms with E-state index in [0.29, 0.717) is 6.54 Å². The average Bonchev–Trinajstić information content (AvgIpc) is 2.36. The highest BCUT2D eigenvalue weighted by molar-refractivity contribution is 9.09. The molecule has 0 aliphatic carbocycles. The van der Waals surface area contributed by atoms with E-state index in [1.165, 1.54) is 18.2 Å². The molecule has 18 heavy (non-hydrogen) atoms. The smallest absolute Gasteiger partial charge is 0.130 e. The zero-order valence-electron chi connectivity index (χ0n) is 10.2. The van der Waals surface area contributed by atoms with Crippen LogP contribution in [0.3, 0.4) is 0 Å². The van der Waals surface area contributed by atoms with Gasteiger partial charge < -0.3 is 0 Å². The topological polar surface area (TPSA) is 6.48 Å². The Hall–Kier alpha value is -0.520. The largest absolute Gasteiger partial charge is 0.300 e. The second-order valence-electron chi connectivity index (χ2n) is 4.51. The second-order valence-corrected chi connectivity index (χ2v) is 5.30. The van der Waals surface area contributed by atoms with Gasteiger partial charge in [-0.15, -0.1) is 0 Å². The van der Waals surface area contributed by atoms with Crippen molar-refractivity contribution < 1.29 is 8.78 Å². The number of hydrogen-bond acceptors (Lipinski definition) is 2.